The van der Waals surface area contributed by atoms with Crippen molar-refractivity contribution in [3.63, 3.8) is 0 Å². The van der Waals surface area contributed by atoms with E-state index in [1.807, 2.05) is 44.6 Å². The molecule has 1 nitrogen and oxygen atoms in total. The third-order valence-corrected chi connectivity index (χ3v) is 6.45. The van der Waals surface area contributed by atoms with Crippen LogP contribution in [0.3, 0.4) is 0 Å². The van der Waals surface area contributed by atoms with Gasteiger partial charge >= 0.3 is 6.18 Å². The molecule has 0 N–H and O–H groups in total. The highest BCUT2D eigenvalue weighted by atomic mass is 28.3. The molecule has 0 fully saturated rings. The van der Waals surface area contributed by atoms with Crippen LogP contribution in [0.5, 0.6) is 0 Å². The number of pyridine rings is 1. The molecule has 0 radical (unpaired) electrons. The first-order valence-electron chi connectivity index (χ1n) is 10.1. The zero-order chi connectivity index (χ0) is 22.6. The van der Waals surface area contributed by atoms with Crippen LogP contribution in [0, 0.1) is 12.3 Å². The van der Waals surface area contributed by atoms with Crippen LogP contribution in [0.4, 0.5) is 13.2 Å². The standard InChI is InChI=1S/C22H31F3NSi/c1-15-11-17(22(23,24)25)9-10-18(15)19-12-20(27(6,7)8)16(14-26(19)5)13-21(2,3)4/h9-12,14H,13H2,1-8H3/q+1/i13D2. The Morgan fingerprint density at radius 3 is 2.11 bits per heavy atom. The van der Waals surface area contributed by atoms with Gasteiger partial charge in [-0.05, 0) is 47.7 Å². The molecule has 148 valence electrons. The maximum Gasteiger partial charge on any atom is 0.416 e. The van der Waals surface area contributed by atoms with Crippen molar-refractivity contribution >= 4 is 13.3 Å². The summed E-state index contributed by atoms with van der Waals surface area (Å²) in [6.07, 6.45) is -4.10. The van der Waals surface area contributed by atoms with Crippen LogP contribution in [-0.2, 0) is 19.6 Å². The van der Waals surface area contributed by atoms with E-state index >= 15 is 0 Å². The van der Waals surface area contributed by atoms with Crippen molar-refractivity contribution in [2.75, 3.05) is 0 Å². The smallest absolute Gasteiger partial charge is 0.201 e. The number of rotatable bonds is 3. The van der Waals surface area contributed by atoms with Gasteiger partial charge in [0.15, 0.2) is 6.20 Å². The SMILES string of the molecule is [2H]C([2H])(c1c[n+](C)c(-c2ccc(C(F)(F)F)cc2C)cc1[Si](C)(C)C)C(C)(C)C. The van der Waals surface area contributed by atoms with Gasteiger partial charge in [0, 0.05) is 19.9 Å². The molecular formula is C22H31F3NSi+. The zero-order valence-electron chi connectivity index (χ0n) is 19.5. The van der Waals surface area contributed by atoms with Gasteiger partial charge in [-0.1, -0.05) is 40.4 Å². The number of aryl methyl sites for hydroxylation is 2. The summed E-state index contributed by atoms with van der Waals surface area (Å²) in [6.45, 7) is 13.8. The molecule has 0 aliphatic heterocycles. The zero-order valence-corrected chi connectivity index (χ0v) is 18.5. The summed E-state index contributed by atoms with van der Waals surface area (Å²) in [5.74, 6) is 0. The van der Waals surface area contributed by atoms with Gasteiger partial charge in [0.25, 0.3) is 0 Å². The molecule has 0 saturated heterocycles. The molecule has 2 aromatic rings. The van der Waals surface area contributed by atoms with Gasteiger partial charge in [-0.3, -0.25) is 0 Å². The summed E-state index contributed by atoms with van der Waals surface area (Å²) in [5, 5.41) is 0.991. The molecule has 0 unspecified atom stereocenters. The van der Waals surface area contributed by atoms with E-state index < -0.39 is 31.6 Å². The van der Waals surface area contributed by atoms with Crippen LogP contribution in [0.25, 0.3) is 11.3 Å². The van der Waals surface area contributed by atoms with Crippen LogP contribution in [0.2, 0.25) is 19.6 Å². The molecule has 0 saturated carbocycles. The van der Waals surface area contributed by atoms with Gasteiger partial charge in [0.1, 0.15) is 7.05 Å². The monoisotopic (exact) mass is 396 g/mol. The second-order valence-electron chi connectivity index (χ2n) is 9.25. The number of halogens is 3. The molecule has 0 spiro atoms. The quantitative estimate of drug-likeness (QED) is 0.467. The number of benzene rings is 1. The Kier molecular flexibility index (Phi) is 4.91. The normalized spacial score (nSPS) is 14.8. The highest BCUT2D eigenvalue weighted by Crippen LogP contribution is 2.32. The van der Waals surface area contributed by atoms with E-state index in [1.165, 1.54) is 12.1 Å². The van der Waals surface area contributed by atoms with Gasteiger partial charge < -0.3 is 0 Å². The molecule has 2 rings (SSSR count). The van der Waals surface area contributed by atoms with Crippen LogP contribution < -0.4 is 9.75 Å². The third-order valence-electron chi connectivity index (χ3n) is 4.42. The van der Waals surface area contributed by atoms with Crippen molar-refractivity contribution in [1.29, 1.82) is 0 Å². The van der Waals surface area contributed by atoms with E-state index in [9.17, 15) is 13.2 Å². The average molecular weight is 397 g/mol. The summed E-state index contributed by atoms with van der Waals surface area (Å²) in [7, 11) is -0.123. The number of nitrogens with zero attached hydrogens (tertiary/aromatic N) is 1. The average Bonchev–Trinajstić information content (AvgIpc) is 2.51. The number of alkyl halides is 3. The van der Waals surface area contributed by atoms with Gasteiger partial charge in [0.2, 0.25) is 5.69 Å². The highest BCUT2D eigenvalue weighted by Gasteiger charge is 2.32. The predicted molar refractivity (Wildman–Crippen MR) is 109 cm³/mol. The predicted octanol–water partition coefficient (Wildman–Crippen LogP) is 5.64. The Labute approximate surface area is 165 Å². The fourth-order valence-corrected chi connectivity index (χ4v) is 4.67. The van der Waals surface area contributed by atoms with Crippen molar-refractivity contribution in [2.24, 2.45) is 12.5 Å². The van der Waals surface area contributed by atoms with Gasteiger partial charge in [0.05, 0.1) is 13.6 Å². The fourth-order valence-electron chi connectivity index (χ4n) is 3.17. The van der Waals surface area contributed by atoms with E-state index in [4.69, 9.17) is 2.74 Å². The second kappa shape index (κ2) is 7.08. The first-order chi connectivity index (χ1) is 12.9. The maximum absolute atomic E-state index is 13.1. The van der Waals surface area contributed by atoms with Gasteiger partial charge in [-0.25, -0.2) is 4.57 Å². The number of hydrogen-bond acceptors (Lipinski definition) is 0. The Bertz CT molecular complexity index is 923. The first kappa shape index (κ1) is 18.7. The number of aromatic nitrogens is 1. The minimum Gasteiger partial charge on any atom is -0.201 e. The van der Waals surface area contributed by atoms with Crippen LogP contribution in [0.1, 0.15) is 40.2 Å². The van der Waals surface area contributed by atoms with Crippen molar-refractivity contribution in [2.45, 2.75) is 59.9 Å². The second-order valence-corrected chi connectivity index (χ2v) is 14.3. The molecule has 0 aliphatic carbocycles. The summed E-state index contributed by atoms with van der Waals surface area (Å²) < 4.78 is 58.6. The first-order valence-corrected chi connectivity index (χ1v) is 12.6. The molecule has 0 bridgehead atoms. The van der Waals surface area contributed by atoms with Crippen LogP contribution >= 0.6 is 0 Å². The van der Waals surface area contributed by atoms with E-state index in [2.05, 4.69) is 19.6 Å². The lowest BCUT2D eigenvalue weighted by Gasteiger charge is -2.25. The van der Waals surface area contributed by atoms with Gasteiger partial charge in [-0.2, -0.15) is 13.2 Å². The molecule has 27 heavy (non-hydrogen) atoms. The van der Waals surface area contributed by atoms with Crippen molar-refractivity contribution < 1.29 is 20.5 Å². The topological polar surface area (TPSA) is 3.88 Å². The van der Waals surface area contributed by atoms with E-state index in [1.54, 1.807) is 6.92 Å². The maximum atomic E-state index is 13.1. The molecule has 0 atom stereocenters. The molecule has 0 amide bonds. The van der Waals surface area contributed by atoms with Crippen molar-refractivity contribution in [3.8, 4) is 11.3 Å². The largest absolute Gasteiger partial charge is 0.416 e. The lowest BCUT2D eigenvalue weighted by Crippen LogP contribution is -2.45. The van der Waals surface area contributed by atoms with E-state index in [0.717, 1.165) is 22.5 Å². The minimum absolute atomic E-state index is 0.545. The lowest BCUT2D eigenvalue weighted by molar-refractivity contribution is -0.660. The van der Waals surface area contributed by atoms with Crippen LogP contribution in [0.15, 0.2) is 30.5 Å². The van der Waals surface area contributed by atoms with Gasteiger partial charge in [-0.15, -0.1) is 0 Å². The Hall–Kier alpha value is -1.62. The molecule has 1 heterocycles. The minimum atomic E-state index is -4.37. The Morgan fingerprint density at radius 2 is 1.67 bits per heavy atom. The Morgan fingerprint density at radius 1 is 1.07 bits per heavy atom. The number of hydrogen-bond donors (Lipinski definition) is 0. The molecule has 1 aromatic heterocycles. The van der Waals surface area contributed by atoms with E-state index in [0.29, 0.717) is 11.1 Å². The molecular weight excluding hydrogens is 363 g/mol. The molecule has 0 aliphatic rings. The van der Waals surface area contributed by atoms with E-state index in [-0.39, 0.29) is 0 Å². The fraction of sp³-hybridized carbons (Fsp3) is 0.500. The van der Waals surface area contributed by atoms with Crippen LogP contribution in [-0.4, -0.2) is 8.07 Å². The lowest BCUT2D eigenvalue weighted by atomic mass is 9.88. The summed E-state index contributed by atoms with van der Waals surface area (Å²) in [5.41, 5.74) is 1.47. The highest BCUT2D eigenvalue weighted by molar-refractivity contribution is 6.89. The summed E-state index contributed by atoms with van der Waals surface area (Å²) >= 11 is 0. The van der Waals surface area contributed by atoms with Crippen molar-refractivity contribution in [3.05, 3.63) is 47.2 Å². The summed E-state index contributed by atoms with van der Waals surface area (Å²) in [4.78, 5) is 0. The third kappa shape index (κ3) is 5.22. The molecule has 1 aromatic carbocycles. The molecule has 5 heteroatoms. The summed E-state index contributed by atoms with van der Waals surface area (Å²) in [6, 6.07) is 5.78. The Balaban J connectivity index is 2.78. The van der Waals surface area contributed by atoms with Crippen molar-refractivity contribution in [1.82, 2.24) is 0 Å².